The average Bonchev–Trinajstić information content (AvgIpc) is 1.65. The normalized spacial score (nSPS) is 18.9. The number of aromatic nitrogens is 4. The van der Waals surface area contributed by atoms with E-state index in [0.717, 1.165) is 44.5 Å². The number of carbonyl (C=O) groups is 16. The Labute approximate surface area is 857 Å². The third-order valence-electron chi connectivity index (χ3n) is 25.0. The molecular formula is C106H136N12O30. The summed E-state index contributed by atoms with van der Waals surface area (Å²) in [5.74, 6) is -8.27. The van der Waals surface area contributed by atoms with Gasteiger partial charge in [0.05, 0.1) is 102 Å². The first kappa shape index (κ1) is 118. The molecule has 0 radical (unpaired) electrons. The van der Waals surface area contributed by atoms with Gasteiger partial charge in [0.2, 0.25) is 23.6 Å². The van der Waals surface area contributed by atoms with Crippen molar-refractivity contribution in [3.63, 3.8) is 0 Å². The third kappa shape index (κ3) is 35.9. The molecule has 800 valence electrons. The average molecular weight is 2060 g/mol. The second-order valence-corrected chi connectivity index (χ2v) is 38.5. The van der Waals surface area contributed by atoms with Gasteiger partial charge >= 0.3 is 0 Å². The van der Waals surface area contributed by atoms with Gasteiger partial charge in [-0.05, 0) is 131 Å². The summed E-state index contributed by atoms with van der Waals surface area (Å²) in [5, 5.41) is 36.2. The molecule has 4 aliphatic rings. The summed E-state index contributed by atoms with van der Waals surface area (Å²) < 4.78 is 71.8. The van der Waals surface area contributed by atoms with Crippen molar-refractivity contribution >= 4 is 93.5 Å². The Hall–Kier alpha value is -13.6. The highest BCUT2D eigenvalue weighted by atomic mass is 16.6. The summed E-state index contributed by atoms with van der Waals surface area (Å²) in [4.78, 5) is 207. The van der Waals surface area contributed by atoms with Gasteiger partial charge in [-0.15, -0.1) is 0 Å². The highest BCUT2D eigenvalue weighted by Crippen LogP contribution is 2.34. The molecule has 0 saturated carbocycles. The molecule has 8 amide bonds. The molecule has 8 heterocycles. The lowest BCUT2D eigenvalue weighted by Crippen LogP contribution is -2.51. The lowest BCUT2D eigenvalue weighted by atomic mass is 9.93. The number of methoxy groups -OCH3 is 6. The molecule has 4 aliphatic heterocycles. The number of amides is 8. The number of rotatable bonds is 56. The summed E-state index contributed by atoms with van der Waals surface area (Å²) in [5.41, 5.74) is 4.33. The molecule has 12 rings (SSSR count). The van der Waals surface area contributed by atoms with Crippen molar-refractivity contribution in [3.05, 3.63) is 212 Å². The highest BCUT2D eigenvalue weighted by Gasteiger charge is 2.54. The minimum absolute atomic E-state index is 0.0239. The van der Waals surface area contributed by atoms with Gasteiger partial charge in [-0.1, -0.05) is 154 Å². The number of hydrogen-bond acceptors (Lipinski definition) is 34. The monoisotopic (exact) mass is 2060 g/mol. The van der Waals surface area contributed by atoms with Crippen LogP contribution in [0, 0.1) is 79.1 Å². The predicted molar refractivity (Wildman–Crippen MR) is 530 cm³/mol. The number of Topliss-reactive ketones (excluding diaryl/α,β-unsaturated/α-hetero) is 8. The zero-order chi connectivity index (χ0) is 109. The number of epoxide rings is 4. The number of ketones is 8. The smallest absolute Gasteiger partial charge is 0.274 e. The molecule has 4 aromatic heterocycles. The summed E-state index contributed by atoms with van der Waals surface area (Å²) in [6, 6.07) is 29.3. The van der Waals surface area contributed by atoms with E-state index in [4.69, 9.17) is 65.5 Å². The van der Waals surface area contributed by atoms with Crippen LogP contribution in [0.15, 0.2) is 139 Å². The summed E-state index contributed by atoms with van der Waals surface area (Å²) in [7, 11) is 8.44. The molecule has 8 aromatic rings. The molecule has 16 atom stereocenters. The fraction of sp³-hybridized carbons (Fsp3) is 0.509. The maximum Gasteiger partial charge on any atom is 0.274 e. The van der Waals surface area contributed by atoms with Gasteiger partial charge in [0.15, 0.2) is 69.0 Å². The van der Waals surface area contributed by atoms with Crippen molar-refractivity contribution in [1.29, 1.82) is 0 Å². The lowest BCUT2D eigenvalue weighted by Gasteiger charge is -2.24. The molecule has 0 spiro atoms. The molecule has 4 fully saturated rings. The Morgan fingerprint density at radius 2 is 0.466 bits per heavy atom. The van der Waals surface area contributed by atoms with E-state index in [0.29, 0.717) is 49.1 Å². The Morgan fingerprint density at radius 1 is 0.277 bits per heavy atom. The van der Waals surface area contributed by atoms with Gasteiger partial charge < -0.3 is 108 Å². The van der Waals surface area contributed by atoms with Crippen molar-refractivity contribution < 1.29 is 142 Å². The van der Waals surface area contributed by atoms with E-state index in [1.165, 1.54) is 66.9 Å². The maximum absolute atomic E-state index is 13.3. The quantitative estimate of drug-likeness (QED) is 0.0199. The molecule has 148 heavy (non-hydrogen) atoms. The number of carbonyl (C=O) groups excluding carboxylic acids is 16. The molecule has 0 unspecified atom stereocenters. The first-order valence-electron chi connectivity index (χ1n) is 48.3. The summed E-state index contributed by atoms with van der Waals surface area (Å²) in [6.45, 7) is 25.1. The summed E-state index contributed by atoms with van der Waals surface area (Å²) in [6.07, 6.45) is 0.367. The van der Waals surface area contributed by atoms with Crippen molar-refractivity contribution in [3.8, 4) is 0 Å². The summed E-state index contributed by atoms with van der Waals surface area (Å²) >= 11 is 0. The van der Waals surface area contributed by atoms with Crippen LogP contribution in [-0.4, -0.2) is 294 Å². The Bertz CT molecular complexity index is 5560. The molecule has 42 heteroatoms. The first-order chi connectivity index (χ1) is 70.1. The zero-order valence-electron chi connectivity index (χ0n) is 87.2. The molecule has 8 N–H and O–H groups in total. The fourth-order valence-electron chi connectivity index (χ4n) is 15.4. The third-order valence-corrected chi connectivity index (χ3v) is 25.0. The van der Waals surface area contributed by atoms with Gasteiger partial charge in [-0.2, -0.15) is 0 Å². The maximum atomic E-state index is 13.3. The minimum atomic E-state index is -1.03. The van der Waals surface area contributed by atoms with Gasteiger partial charge in [0.25, 0.3) is 23.6 Å². The Kier molecular flexibility index (Phi) is 43.8. The molecule has 42 nitrogen and oxygen atoms in total. The fourth-order valence-corrected chi connectivity index (χ4v) is 15.4. The van der Waals surface area contributed by atoms with Crippen LogP contribution in [0.1, 0.15) is 177 Å². The topological polar surface area (TPSA) is 579 Å². The van der Waals surface area contributed by atoms with E-state index in [-0.39, 0.29) is 149 Å². The molecule has 0 bridgehead atoms. The number of ether oxygens (including phenoxy) is 10. The van der Waals surface area contributed by atoms with Gasteiger partial charge in [0, 0.05) is 104 Å². The van der Waals surface area contributed by atoms with E-state index in [1.54, 1.807) is 69.2 Å². The zero-order valence-corrected chi connectivity index (χ0v) is 87.2. The number of aryl methyl sites for hydroxylation is 8. The standard InChI is InChI=1S/2C27H35N3O8.2C26H33N3O7/c2*1-16-6-8-18(9-7-16)11-20(24(32)27(3)15-37-27)28-25(33)19(13-35-4)12-23(31)22(14-36-5)29-26(34)21-10-17(2)38-30-21;2*1-15-6-8-18(9-7-15)12-19(23(31)26(4)14-35-26)27-24(32)16(2)10-22(30)21(13-34-5)28-25(33)20-11-17(3)36-29-20/h2*6-10,19-20,22H,11-15H2,1-5H3,(H,28,33)(H,29,34);2*6-9,11,16,19,21H,10,12-14H2,1-5H3,(H,27,32)(H,28,33)/t2*19-,20-,22-,27+;2*16-,19+,21+,26-/m0011/s1. The molecule has 4 saturated heterocycles. The van der Waals surface area contributed by atoms with Crippen molar-refractivity contribution in [2.75, 3.05) is 109 Å². The molecule has 4 aromatic carbocycles. The number of benzene rings is 4. The number of nitrogens with one attached hydrogen (secondary N) is 8. The van der Waals surface area contributed by atoms with Crippen LogP contribution >= 0.6 is 0 Å². The van der Waals surface area contributed by atoms with Crippen LogP contribution in [0.4, 0.5) is 0 Å². The van der Waals surface area contributed by atoms with E-state index >= 15 is 0 Å². The van der Waals surface area contributed by atoms with Gasteiger partial charge in [-0.3, -0.25) is 76.7 Å². The largest absolute Gasteiger partial charge is 0.384 e. The van der Waals surface area contributed by atoms with Crippen molar-refractivity contribution in [1.82, 2.24) is 63.2 Å². The van der Waals surface area contributed by atoms with E-state index in [1.807, 2.05) is 125 Å². The van der Waals surface area contributed by atoms with Crippen LogP contribution < -0.4 is 42.5 Å². The van der Waals surface area contributed by atoms with E-state index in [2.05, 4.69) is 63.2 Å². The van der Waals surface area contributed by atoms with Crippen LogP contribution in [0.2, 0.25) is 0 Å². The van der Waals surface area contributed by atoms with Crippen LogP contribution in [0.3, 0.4) is 0 Å². The number of nitrogens with zero attached hydrogens (tertiary/aromatic N) is 4. The van der Waals surface area contributed by atoms with Crippen LogP contribution in [0.5, 0.6) is 0 Å². The second kappa shape index (κ2) is 54.9. The second-order valence-electron chi connectivity index (χ2n) is 38.5. The SMILES string of the molecule is COC[C@H](CC(=O)[C@H](COC)NC(=O)c1cc(C)on1)C(=O)N[C@@H](Cc1ccc(C)cc1)C(=O)[C@@]1(C)CO1.COC[C@H](CC(=O)[C@H](COC)NC(=O)c1cc(C)on1)C(=O)N[C@@H](Cc1ccc(C)cc1)C(=O)[C@@]1(C)CO1.COC[C@H](NC(=O)c1cc(C)on1)C(=O)C[C@@H](C)C(=O)N[C@@H](Cc1ccc(C)cc1)C(=O)[C@@]1(C)CO1.COC[C@H](NC(=O)c1cc(C)on1)C(=O)C[C@@H](C)C(=O)N[C@@H](Cc1ccc(C)cc1)C(=O)[C@@]1(C)CO1. The number of hydrogen-bond donors (Lipinski definition) is 8. The van der Waals surface area contributed by atoms with Gasteiger partial charge in [-0.25, -0.2) is 0 Å². The van der Waals surface area contributed by atoms with E-state index < -0.39 is 153 Å². The first-order valence-corrected chi connectivity index (χ1v) is 48.3. The highest BCUT2D eigenvalue weighted by molar-refractivity contribution is 6.04. The molecule has 0 aliphatic carbocycles. The predicted octanol–water partition coefficient (Wildman–Crippen LogP) is 6.12. The van der Waals surface area contributed by atoms with E-state index in [9.17, 15) is 76.7 Å². The molecular weight excluding hydrogens is 1920 g/mol. The Balaban J connectivity index is 0.000000219. The Morgan fingerprint density at radius 3 is 0.642 bits per heavy atom. The lowest BCUT2D eigenvalue weighted by molar-refractivity contribution is -0.135. The minimum Gasteiger partial charge on any atom is -0.384 e. The van der Waals surface area contributed by atoms with Crippen molar-refractivity contribution in [2.45, 2.75) is 219 Å². The van der Waals surface area contributed by atoms with Crippen LogP contribution in [-0.2, 0) is 131 Å². The van der Waals surface area contributed by atoms with Crippen LogP contribution in [0.25, 0.3) is 0 Å². The van der Waals surface area contributed by atoms with Crippen molar-refractivity contribution in [2.24, 2.45) is 23.7 Å². The van der Waals surface area contributed by atoms with Gasteiger partial charge in [0.1, 0.15) is 69.6 Å².